The fourth-order valence-corrected chi connectivity index (χ4v) is 2.60. The molecule has 1 aromatic carbocycles. The monoisotopic (exact) mass is 349 g/mol. The van der Waals surface area contributed by atoms with Crippen LogP contribution in [0.1, 0.15) is 35.0 Å². The standard InChI is InChI=1S/C19H19N5O2/c1-13(4-9-17-3-2-10-26-17)23-19(25)14-5-7-16(8-6-14)24-18(21)15(11-20)12-22-24/h2-3,5-8,10,12-13H,4,9,21H2,1H3,(H,23,25). The number of carbonyl (C=O) groups excluding carboxylic acids is 1. The number of aryl methyl sites for hydroxylation is 1. The largest absolute Gasteiger partial charge is 0.469 e. The molecule has 7 nitrogen and oxygen atoms in total. The number of hydrogen-bond acceptors (Lipinski definition) is 5. The van der Waals surface area contributed by atoms with Gasteiger partial charge in [0.25, 0.3) is 5.91 Å². The highest BCUT2D eigenvalue weighted by molar-refractivity contribution is 5.94. The van der Waals surface area contributed by atoms with Gasteiger partial charge in [0.05, 0.1) is 18.1 Å². The Labute approximate surface area is 151 Å². The Morgan fingerprint density at radius 1 is 1.38 bits per heavy atom. The number of aromatic nitrogens is 2. The summed E-state index contributed by atoms with van der Waals surface area (Å²) in [6.07, 6.45) is 4.62. The van der Waals surface area contributed by atoms with Gasteiger partial charge in [0.15, 0.2) is 0 Å². The SMILES string of the molecule is CC(CCc1ccco1)NC(=O)c1ccc(-n2ncc(C#N)c2N)cc1. The minimum absolute atomic E-state index is 0.0206. The van der Waals surface area contributed by atoms with E-state index in [0.717, 1.165) is 18.6 Å². The van der Waals surface area contributed by atoms with Gasteiger partial charge in [0.2, 0.25) is 0 Å². The van der Waals surface area contributed by atoms with Crippen LogP contribution in [0.4, 0.5) is 5.82 Å². The van der Waals surface area contributed by atoms with Gasteiger partial charge in [0, 0.05) is 18.0 Å². The molecule has 0 saturated carbocycles. The molecule has 1 unspecified atom stereocenters. The van der Waals surface area contributed by atoms with Crippen LogP contribution in [0.25, 0.3) is 5.69 Å². The minimum atomic E-state index is -0.144. The number of nitrogens with two attached hydrogens (primary N) is 1. The molecular weight excluding hydrogens is 330 g/mol. The topological polar surface area (TPSA) is 110 Å². The lowest BCUT2D eigenvalue weighted by atomic mass is 10.1. The second-order valence-corrected chi connectivity index (χ2v) is 6.01. The zero-order valence-corrected chi connectivity index (χ0v) is 14.3. The lowest BCUT2D eigenvalue weighted by molar-refractivity contribution is 0.0938. The van der Waals surface area contributed by atoms with Crippen LogP contribution < -0.4 is 11.1 Å². The van der Waals surface area contributed by atoms with Crippen LogP contribution in [0.5, 0.6) is 0 Å². The zero-order chi connectivity index (χ0) is 18.5. The molecule has 3 aromatic rings. The molecule has 0 aliphatic carbocycles. The molecule has 0 radical (unpaired) electrons. The minimum Gasteiger partial charge on any atom is -0.469 e. The molecule has 0 aliphatic heterocycles. The summed E-state index contributed by atoms with van der Waals surface area (Å²) in [6, 6.07) is 12.7. The molecule has 0 bridgehead atoms. The van der Waals surface area contributed by atoms with Crippen molar-refractivity contribution in [3.63, 3.8) is 0 Å². The summed E-state index contributed by atoms with van der Waals surface area (Å²) in [5.74, 6) is 1.04. The first-order chi connectivity index (χ1) is 12.6. The van der Waals surface area contributed by atoms with Crippen molar-refractivity contribution in [1.82, 2.24) is 15.1 Å². The number of amides is 1. The van der Waals surface area contributed by atoms with Crippen LogP contribution >= 0.6 is 0 Å². The van der Waals surface area contributed by atoms with Gasteiger partial charge < -0.3 is 15.5 Å². The quantitative estimate of drug-likeness (QED) is 0.711. The summed E-state index contributed by atoms with van der Waals surface area (Å²) >= 11 is 0. The van der Waals surface area contributed by atoms with Crippen molar-refractivity contribution in [2.45, 2.75) is 25.8 Å². The lowest BCUT2D eigenvalue weighted by Crippen LogP contribution is -2.32. The van der Waals surface area contributed by atoms with Gasteiger partial charge >= 0.3 is 0 Å². The Morgan fingerprint density at radius 2 is 2.15 bits per heavy atom. The summed E-state index contributed by atoms with van der Waals surface area (Å²) in [6.45, 7) is 1.96. The fourth-order valence-electron chi connectivity index (χ4n) is 2.60. The molecule has 1 amide bonds. The maximum absolute atomic E-state index is 12.4. The molecule has 26 heavy (non-hydrogen) atoms. The molecule has 3 N–H and O–H groups in total. The highest BCUT2D eigenvalue weighted by Gasteiger charge is 2.12. The molecule has 7 heteroatoms. The van der Waals surface area contributed by atoms with Crippen molar-refractivity contribution in [3.05, 3.63) is 65.7 Å². The molecule has 0 fully saturated rings. The number of hydrogen-bond donors (Lipinski definition) is 2. The maximum Gasteiger partial charge on any atom is 0.251 e. The average molecular weight is 349 g/mol. The van der Waals surface area contributed by atoms with E-state index in [1.807, 2.05) is 25.1 Å². The second kappa shape index (κ2) is 7.57. The highest BCUT2D eigenvalue weighted by atomic mass is 16.3. The number of nitriles is 1. The first-order valence-electron chi connectivity index (χ1n) is 8.25. The van der Waals surface area contributed by atoms with Crippen molar-refractivity contribution in [2.75, 3.05) is 5.73 Å². The number of carbonyl (C=O) groups is 1. The summed E-state index contributed by atoms with van der Waals surface area (Å²) in [5.41, 5.74) is 7.42. The maximum atomic E-state index is 12.4. The van der Waals surface area contributed by atoms with Crippen molar-refractivity contribution in [1.29, 1.82) is 5.26 Å². The smallest absolute Gasteiger partial charge is 0.251 e. The molecule has 0 spiro atoms. The van der Waals surface area contributed by atoms with Gasteiger partial charge in [-0.1, -0.05) is 0 Å². The number of benzene rings is 1. The Morgan fingerprint density at radius 3 is 2.77 bits per heavy atom. The van der Waals surface area contributed by atoms with E-state index in [4.69, 9.17) is 15.4 Å². The fraction of sp³-hybridized carbons (Fsp3) is 0.211. The van der Waals surface area contributed by atoms with Gasteiger partial charge in [-0.05, 0) is 49.7 Å². The third kappa shape index (κ3) is 3.75. The van der Waals surface area contributed by atoms with E-state index in [1.165, 1.54) is 10.9 Å². The molecule has 1 atom stereocenters. The number of nitrogens with zero attached hydrogens (tertiary/aromatic N) is 3. The molecule has 3 rings (SSSR count). The van der Waals surface area contributed by atoms with Crippen molar-refractivity contribution in [2.24, 2.45) is 0 Å². The first kappa shape index (κ1) is 17.3. The second-order valence-electron chi connectivity index (χ2n) is 6.01. The molecule has 132 valence electrons. The third-order valence-electron chi connectivity index (χ3n) is 4.08. The predicted octanol–water partition coefficient (Wildman–Crippen LogP) is 2.67. The van der Waals surface area contributed by atoms with Crippen LogP contribution in [-0.4, -0.2) is 21.7 Å². The Kier molecular flexibility index (Phi) is 5.04. The first-order valence-corrected chi connectivity index (χ1v) is 8.25. The number of anilines is 1. The molecule has 2 heterocycles. The van der Waals surface area contributed by atoms with Crippen LogP contribution in [0.2, 0.25) is 0 Å². The highest BCUT2D eigenvalue weighted by Crippen LogP contribution is 2.17. The lowest BCUT2D eigenvalue weighted by Gasteiger charge is -2.13. The summed E-state index contributed by atoms with van der Waals surface area (Å²) in [4.78, 5) is 12.4. The van der Waals surface area contributed by atoms with E-state index in [-0.39, 0.29) is 17.8 Å². The molecule has 2 aromatic heterocycles. The molecular formula is C19H19N5O2. The van der Waals surface area contributed by atoms with Crippen LogP contribution in [0, 0.1) is 11.3 Å². The van der Waals surface area contributed by atoms with Crippen LogP contribution in [-0.2, 0) is 6.42 Å². The molecule has 0 aliphatic rings. The van der Waals surface area contributed by atoms with E-state index in [1.54, 1.807) is 30.5 Å². The molecule has 0 saturated heterocycles. The van der Waals surface area contributed by atoms with E-state index in [2.05, 4.69) is 10.4 Å². The van der Waals surface area contributed by atoms with Gasteiger partial charge in [-0.2, -0.15) is 10.4 Å². The summed E-state index contributed by atoms with van der Waals surface area (Å²) in [7, 11) is 0. The van der Waals surface area contributed by atoms with E-state index >= 15 is 0 Å². The number of furan rings is 1. The van der Waals surface area contributed by atoms with Crippen molar-refractivity contribution >= 4 is 11.7 Å². The van der Waals surface area contributed by atoms with Crippen molar-refractivity contribution < 1.29 is 9.21 Å². The number of rotatable bonds is 6. The van der Waals surface area contributed by atoms with Crippen LogP contribution in [0.3, 0.4) is 0 Å². The summed E-state index contributed by atoms with van der Waals surface area (Å²) < 4.78 is 6.76. The van der Waals surface area contributed by atoms with Gasteiger partial charge in [0.1, 0.15) is 23.2 Å². The Hall–Kier alpha value is -3.53. The van der Waals surface area contributed by atoms with E-state index in [9.17, 15) is 4.79 Å². The predicted molar refractivity (Wildman–Crippen MR) is 96.6 cm³/mol. The number of nitrogen functional groups attached to an aromatic ring is 1. The van der Waals surface area contributed by atoms with E-state index in [0.29, 0.717) is 16.8 Å². The van der Waals surface area contributed by atoms with Crippen LogP contribution in [0.15, 0.2) is 53.3 Å². The third-order valence-corrected chi connectivity index (χ3v) is 4.08. The number of nitrogens with one attached hydrogen (secondary N) is 1. The summed E-state index contributed by atoms with van der Waals surface area (Å²) in [5, 5.41) is 16.0. The zero-order valence-electron chi connectivity index (χ0n) is 14.3. The van der Waals surface area contributed by atoms with Gasteiger partial charge in [-0.3, -0.25) is 4.79 Å². The Balaban J connectivity index is 1.61. The van der Waals surface area contributed by atoms with Gasteiger partial charge in [-0.25, -0.2) is 4.68 Å². The van der Waals surface area contributed by atoms with Crippen molar-refractivity contribution in [3.8, 4) is 11.8 Å². The Bertz CT molecular complexity index is 920. The van der Waals surface area contributed by atoms with Gasteiger partial charge in [-0.15, -0.1) is 0 Å². The average Bonchev–Trinajstić information content (AvgIpc) is 3.29. The normalized spacial score (nSPS) is 11.7. The van der Waals surface area contributed by atoms with E-state index < -0.39 is 0 Å².